The molecule has 0 atom stereocenters. The van der Waals surface area contributed by atoms with E-state index in [1.165, 1.54) is 0 Å². The van der Waals surface area contributed by atoms with Crippen molar-refractivity contribution in [3.8, 4) is 16.9 Å². The average Bonchev–Trinajstić information content (AvgIpc) is 3.07. The Kier molecular flexibility index (Phi) is 5.46. The smallest absolute Gasteiger partial charge is 0.251 e. The Hall–Kier alpha value is -2.66. The summed E-state index contributed by atoms with van der Waals surface area (Å²) in [5.74, 6) is 0.660. The molecule has 3 rings (SSSR count). The van der Waals surface area contributed by atoms with E-state index in [9.17, 15) is 4.79 Å². The molecule has 1 heterocycles. The van der Waals surface area contributed by atoms with Gasteiger partial charge in [-0.15, -0.1) is 11.3 Å². The normalized spacial score (nSPS) is 10.5. The molecule has 2 aromatic carbocycles. The molecule has 25 heavy (non-hydrogen) atoms. The van der Waals surface area contributed by atoms with Gasteiger partial charge in [-0.3, -0.25) is 4.79 Å². The van der Waals surface area contributed by atoms with E-state index in [4.69, 9.17) is 4.74 Å². The third-order valence-corrected chi connectivity index (χ3v) is 4.70. The van der Waals surface area contributed by atoms with Crippen molar-refractivity contribution in [2.24, 2.45) is 0 Å². The van der Waals surface area contributed by atoms with Crippen LogP contribution in [0.15, 0.2) is 53.9 Å². The molecule has 0 fully saturated rings. The van der Waals surface area contributed by atoms with Gasteiger partial charge < -0.3 is 10.1 Å². The topological polar surface area (TPSA) is 51.2 Å². The quantitative estimate of drug-likeness (QED) is 0.727. The Morgan fingerprint density at radius 1 is 1.20 bits per heavy atom. The zero-order chi connectivity index (χ0) is 17.6. The predicted octanol–water partition coefficient (Wildman–Crippen LogP) is 4.10. The lowest BCUT2D eigenvalue weighted by atomic mass is 10.0. The van der Waals surface area contributed by atoms with E-state index in [-0.39, 0.29) is 5.91 Å². The molecule has 128 valence electrons. The number of hydrogen-bond donors (Lipinski definition) is 1. The minimum Gasteiger partial charge on any atom is -0.496 e. The second kappa shape index (κ2) is 7.94. The number of methoxy groups -OCH3 is 1. The Morgan fingerprint density at radius 2 is 2.00 bits per heavy atom. The molecule has 1 N–H and O–H groups in total. The summed E-state index contributed by atoms with van der Waals surface area (Å²) in [4.78, 5) is 16.9. The Labute approximate surface area is 151 Å². The van der Waals surface area contributed by atoms with Crippen LogP contribution in [-0.4, -0.2) is 24.5 Å². The molecule has 5 heteroatoms. The molecule has 0 aliphatic carbocycles. The van der Waals surface area contributed by atoms with Crippen LogP contribution in [0.5, 0.6) is 5.75 Å². The van der Waals surface area contributed by atoms with E-state index in [0.717, 1.165) is 34.0 Å². The van der Waals surface area contributed by atoms with Gasteiger partial charge in [0.15, 0.2) is 0 Å². The fourth-order valence-corrected chi connectivity index (χ4v) is 3.27. The molecule has 0 aliphatic rings. The third kappa shape index (κ3) is 4.25. The van der Waals surface area contributed by atoms with Crippen molar-refractivity contribution < 1.29 is 9.53 Å². The molecular weight excluding hydrogens is 332 g/mol. The lowest BCUT2D eigenvalue weighted by molar-refractivity contribution is 0.0954. The number of nitrogens with zero attached hydrogens (tertiary/aromatic N) is 1. The summed E-state index contributed by atoms with van der Waals surface area (Å²) in [6.07, 6.45) is 0.734. The SMILES string of the molecule is COc1ccc(C(=O)NCCc2csc(C)n2)cc1-c1ccccc1. The van der Waals surface area contributed by atoms with E-state index in [1.54, 1.807) is 24.5 Å². The number of hydrogen-bond acceptors (Lipinski definition) is 4. The number of rotatable bonds is 6. The number of carbonyl (C=O) groups excluding carboxylic acids is 1. The van der Waals surface area contributed by atoms with E-state index in [1.807, 2.05) is 54.8 Å². The molecule has 0 spiro atoms. The van der Waals surface area contributed by atoms with Crippen LogP contribution in [0.25, 0.3) is 11.1 Å². The fourth-order valence-electron chi connectivity index (χ4n) is 2.62. The second-order valence-electron chi connectivity index (χ2n) is 5.64. The molecule has 0 bridgehead atoms. The van der Waals surface area contributed by atoms with Crippen molar-refractivity contribution in [1.82, 2.24) is 10.3 Å². The van der Waals surface area contributed by atoms with Crippen molar-refractivity contribution in [1.29, 1.82) is 0 Å². The predicted molar refractivity (Wildman–Crippen MR) is 101 cm³/mol. The van der Waals surface area contributed by atoms with E-state index >= 15 is 0 Å². The first-order chi connectivity index (χ1) is 12.2. The first-order valence-electron chi connectivity index (χ1n) is 8.10. The van der Waals surface area contributed by atoms with Crippen molar-refractivity contribution in [2.75, 3.05) is 13.7 Å². The van der Waals surface area contributed by atoms with Crippen LogP contribution in [0.3, 0.4) is 0 Å². The maximum atomic E-state index is 12.5. The van der Waals surface area contributed by atoms with Crippen LogP contribution in [0.4, 0.5) is 0 Å². The van der Waals surface area contributed by atoms with Crippen LogP contribution in [0.1, 0.15) is 21.1 Å². The Balaban J connectivity index is 1.72. The molecule has 1 aromatic heterocycles. The largest absolute Gasteiger partial charge is 0.496 e. The summed E-state index contributed by atoms with van der Waals surface area (Å²) in [7, 11) is 1.64. The van der Waals surface area contributed by atoms with Gasteiger partial charge in [-0.2, -0.15) is 0 Å². The molecule has 0 saturated heterocycles. The Bertz CT molecular complexity index is 859. The van der Waals surface area contributed by atoms with Crippen molar-refractivity contribution >= 4 is 17.2 Å². The van der Waals surface area contributed by atoms with E-state index in [2.05, 4.69) is 10.3 Å². The second-order valence-corrected chi connectivity index (χ2v) is 6.71. The van der Waals surface area contributed by atoms with Gasteiger partial charge in [-0.1, -0.05) is 30.3 Å². The lowest BCUT2D eigenvalue weighted by Gasteiger charge is -2.11. The van der Waals surface area contributed by atoms with Gasteiger partial charge in [0.1, 0.15) is 5.75 Å². The minimum absolute atomic E-state index is 0.0909. The summed E-state index contributed by atoms with van der Waals surface area (Å²) in [5, 5.41) is 6.03. The van der Waals surface area contributed by atoms with E-state index < -0.39 is 0 Å². The third-order valence-electron chi connectivity index (χ3n) is 3.88. The van der Waals surface area contributed by atoms with Gasteiger partial charge in [0.25, 0.3) is 5.91 Å². The zero-order valence-electron chi connectivity index (χ0n) is 14.3. The summed E-state index contributed by atoms with van der Waals surface area (Å²) < 4.78 is 5.44. The minimum atomic E-state index is -0.0909. The van der Waals surface area contributed by atoms with Gasteiger partial charge in [0.2, 0.25) is 0 Å². The van der Waals surface area contributed by atoms with Gasteiger partial charge in [-0.05, 0) is 30.7 Å². The number of aromatic nitrogens is 1. The number of carbonyl (C=O) groups is 1. The first kappa shape index (κ1) is 17.2. The lowest BCUT2D eigenvalue weighted by Crippen LogP contribution is -2.25. The standard InChI is InChI=1S/C20H20N2O2S/c1-14-22-17(13-25-14)10-11-21-20(23)16-8-9-19(24-2)18(12-16)15-6-4-3-5-7-15/h3-9,12-13H,10-11H2,1-2H3,(H,21,23). The summed E-state index contributed by atoms with van der Waals surface area (Å²) in [5.41, 5.74) is 3.56. The molecule has 0 saturated carbocycles. The molecule has 0 unspecified atom stereocenters. The number of amides is 1. The number of aryl methyl sites for hydroxylation is 1. The monoisotopic (exact) mass is 352 g/mol. The van der Waals surface area contributed by atoms with Crippen LogP contribution in [0, 0.1) is 6.92 Å². The number of thiazole rings is 1. The van der Waals surface area contributed by atoms with Crippen LogP contribution in [0.2, 0.25) is 0 Å². The first-order valence-corrected chi connectivity index (χ1v) is 8.98. The average molecular weight is 352 g/mol. The van der Waals surface area contributed by atoms with Crippen LogP contribution in [-0.2, 0) is 6.42 Å². The number of nitrogens with one attached hydrogen (secondary N) is 1. The molecule has 4 nitrogen and oxygen atoms in total. The Morgan fingerprint density at radius 3 is 2.68 bits per heavy atom. The molecule has 0 aliphatic heterocycles. The molecule has 1 amide bonds. The van der Waals surface area contributed by atoms with Gasteiger partial charge in [-0.25, -0.2) is 4.98 Å². The number of ether oxygens (including phenoxy) is 1. The zero-order valence-corrected chi connectivity index (χ0v) is 15.1. The highest BCUT2D eigenvalue weighted by Gasteiger charge is 2.11. The molecule has 0 radical (unpaired) electrons. The van der Waals surface area contributed by atoms with Gasteiger partial charge in [0, 0.05) is 29.5 Å². The maximum absolute atomic E-state index is 12.5. The number of benzene rings is 2. The van der Waals surface area contributed by atoms with Crippen molar-refractivity contribution in [3.05, 3.63) is 70.2 Å². The van der Waals surface area contributed by atoms with Gasteiger partial charge in [0.05, 0.1) is 17.8 Å². The molecular formula is C20H20N2O2S. The molecule has 3 aromatic rings. The summed E-state index contributed by atoms with van der Waals surface area (Å²) in [6, 6.07) is 15.4. The van der Waals surface area contributed by atoms with Gasteiger partial charge >= 0.3 is 0 Å². The highest BCUT2D eigenvalue weighted by atomic mass is 32.1. The highest BCUT2D eigenvalue weighted by Crippen LogP contribution is 2.30. The van der Waals surface area contributed by atoms with E-state index in [0.29, 0.717) is 12.1 Å². The summed E-state index contributed by atoms with van der Waals surface area (Å²) in [6.45, 7) is 2.55. The van der Waals surface area contributed by atoms with Crippen molar-refractivity contribution in [2.45, 2.75) is 13.3 Å². The fraction of sp³-hybridized carbons (Fsp3) is 0.200. The summed E-state index contributed by atoms with van der Waals surface area (Å²) >= 11 is 1.63. The van der Waals surface area contributed by atoms with Crippen LogP contribution >= 0.6 is 11.3 Å². The maximum Gasteiger partial charge on any atom is 0.251 e. The highest BCUT2D eigenvalue weighted by molar-refractivity contribution is 7.09. The van der Waals surface area contributed by atoms with Crippen LogP contribution < -0.4 is 10.1 Å². The van der Waals surface area contributed by atoms with Crippen molar-refractivity contribution in [3.63, 3.8) is 0 Å².